The number of nitrogens with zero attached hydrogens (tertiary/aromatic N) is 2. The summed E-state index contributed by atoms with van der Waals surface area (Å²) < 4.78 is 6.40. The Morgan fingerprint density at radius 3 is 2.37 bits per heavy atom. The molecule has 1 fully saturated rings. The number of piperidine rings is 1. The number of carbonyl (C=O) groups is 1. The highest BCUT2D eigenvalue weighted by atomic mass is 79.9. The van der Waals surface area contributed by atoms with Gasteiger partial charge in [-0.15, -0.1) is 0 Å². The first-order valence-electron chi connectivity index (χ1n) is 9.00. The lowest BCUT2D eigenvalue weighted by molar-refractivity contribution is -0.160. The second-order valence-corrected chi connectivity index (χ2v) is 9.83. The highest BCUT2D eigenvalue weighted by Gasteiger charge is 2.36. The van der Waals surface area contributed by atoms with Crippen molar-refractivity contribution in [3.63, 3.8) is 0 Å². The summed E-state index contributed by atoms with van der Waals surface area (Å²) in [7, 11) is 0. The standard InChI is InChI=1S/C19H28BrClN2O4/c1-18(2,3)27-15(17(25)26)12-14(13(20)11(10-24)22-16(12)21)23-8-6-19(4,5)7-9-23/h15,24H,6-10H2,1-5H3,(H,25,26)/t15-/m0/s1. The van der Waals surface area contributed by atoms with Crippen molar-refractivity contribution in [1.29, 1.82) is 0 Å². The monoisotopic (exact) mass is 462 g/mol. The molecule has 0 aliphatic carbocycles. The number of carboxylic acid groups (broad SMARTS) is 1. The Morgan fingerprint density at radius 1 is 1.37 bits per heavy atom. The van der Waals surface area contributed by atoms with Crippen molar-refractivity contribution in [2.24, 2.45) is 5.41 Å². The smallest absolute Gasteiger partial charge is 0.337 e. The van der Waals surface area contributed by atoms with Crippen LogP contribution in [0.1, 0.15) is 64.8 Å². The van der Waals surface area contributed by atoms with Gasteiger partial charge in [-0.3, -0.25) is 0 Å². The van der Waals surface area contributed by atoms with Crippen LogP contribution < -0.4 is 4.90 Å². The zero-order chi connectivity index (χ0) is 20.6. The van der Waals surface area contributed by atoms with Crippen LogP contribution in [0.2, 0.25) is 5.15 Å². The molecule has 1 aromatic rings. The summed E-state index contributed by atoms with van der Waals surface area (Å²) >= 11 is 9.93. The van der Waals surface area contributed by atoms with Crippen molar-refractivity contribution in [2.45, 2.75) is 65.8 Å². The van der Waals surface area contributed by atoms with Crippen molar-refractivity contribution >= 4 is 39.2 Å². The fraction of sp³-hybridized carbons (Fsp3) is 0.684. The van der Waals surface area contributed by atoms with Gasteiger partial charge in [0.05, 0.1) is 33.6 Å². The van der Waals surface area contributed by atoms with Crippen molar-refractivity contribution in [3.8, 4) is 0 Å². The number of hydrogen-bond donors (Lipinski definition) is 2. The topological polar surface area (TPSA) is 82.9 Å². The summed E-state index contributed by atoms with van der Waals surface area (Å²) in [5.41, 5.74) is 0.890. The van der Waals surface area contributed by atoms with Crippen LogP contribution in [0.4, 0.5) is 5.69 Å². The molecule has 1 aliphatic heterocycles. The van der Waals surface area contributed by atoms with Gasteiger partial charge in [0.25, 0.3) is 0 Å². The lowest BCUT2D eigenvalue weighted by atomic mass is 9.82. The minimum atomic E-state index is -1.26. The van der Waals surface area contributed by atoms with E-state index in [2.05, 4.69) is 39.7 Å². The lowest BCUT2D eigenvalue weighted by Crippen LogP contribution is -2.39. The number of aliphatic carboxylic acids is 1. The first-order chi connectivity index (χ1) is 12.4. The molecule has 1 saturated heterocycles. The van der Waals surface area contributed by atoms with Gasteiger partial charge in [0.15, 0.2) is 6.10 Å². The number of carboxylic acids is 1. The Kier molecular flexibility index (Phi) is 6.83. The van der Waals surface area contributed by atoms with Gasteiger partial charge >= 0.3 is 5.97 Å². The van der Waals surface area contributed by atoms with Gasteiger partial charge in [-0.05, 0) is 55.0 Å². The summed E-state index contributed by atoms with van der Waals surface area (Å²) in [5, 5.41) is 19.5. The Morgan fingerprint density at radius 2 is 1.93 bits per heavy atom. The number of aromatic nitrogens is 1. The van der Waals surface area contributed by atoms with E-state index in [9.17, 15) is 15.0 Å². The van der Waals surface area contributed by atoms with Crippen LogP contribution in [0.5, 0.6) is 0 Å². The molecule has 27 heavy (non-hydrogen) atoms. The summed E-state index contributed by atoms with van der Waals surface area (Å²) in [4.78, 5) is 18.4. The second-order valence-electron chi connectivity index (χ2n) is 8.68. The molecule has 2 rings (SSSR count). The van der Waals surface area contributed by atoms with Crippen LogP contribution in [-0.4, -0.2) is 39.9 Å². The van der Waals surface area contributed by atoms with E-state index < -0.39 is 17.7 Å². The molecule has 1 atom stereocenters. The number of rotatable bonds is 5. The number of ether oxygens (including phenoxy) is 1. The van der Waals surface area contributed by atoms with Crippen LogP contribution in [0.25, 0.3) is 0 Å². The molecule has 2 heterocycles. The van der Waals surface area contributed by atoms with E-state index in [1.807, 2.05) is 0 Å². The number of aliphatic hydroxyl groups is 1. The van der Waals surface area contributed by atoms with E-state index in [1.165, 1.54) is 0 Å². The number of hydrogen-bond acceptors (Lipinski definition) is 5. The third-order valence-corrected chi connectivity index (χ3v) is 5.83. The maximum absolute atomic E-state index is 12.0. The lowest BCUT2D eigenvalue weighted by Gasteiger charge is -2.40. The van der Waals surface area contributed by atoms with Crippen LogP contribution >= 0.6 is 27.5 Å². The summed E-state index contributed by atoms with van der Waals surface area (Å²) in [6.45, 7) is 11.0. The van der Waals surface area contributed by atoms with E-state index >= 15 is 0 Å². The Balaban J connectivity index is 2.62. The van der Waals surface area contributed by atoms with Gasteiger partial charge in [-0.1, -0.05) is 25.4 Å². The van der Waals surface area contributed by atoms with E-state index in [0.29, 0.717) is 21.4 Å². The molecule has 0 unspecified atom stereocenters. The third kappa shape index (κ3) is 5.34. The van der Waals surface area contributed by atoms with Crippen LogP contribution in [-0.2, 0) is 16.1 Å². The van der Waals surface area contributed by atoms with E-state index in [0.717, 1.165) is 25.9 Å². The van der Waals surface area contributed by atoms with Crippen molar-refractivity contribution < 1.29 is 19.7 Å². The molecule has 0 radical (unpaired) electrons. The minimum Gasteiger partial charge on any atom is -0.479 e. The summed E-state index contributed by atoms with van der Waals surface area (Å²) in [6.07, 6.45) is 0.662. The van der Waals surface area contributed by atoms with Gasteiger partial charge in [-0.2, -0.15) is 0 Å². The van der Waals surface area contributed by atoms with Gasteiger partial charge in [0.1, 0.15) is 5.15 Å². The Labute approximate surface area is 174 Å². The summed E-state index contributed by atoms with van der Waals surface area (Å²) in [5.74, 6) is -1.13. The maximum Gasteiger partial charge on any atom is 0.337 e. The Hall–Kier alpha value is -0.890. The predicted molar refractivity (Wildman–Crippen MR) is 109 cm³/mol. The normalized spacial score (nSPS) is 18.4. The molecule has 6 nitrogen and oxygen atoms in total. The SMILES string of the molecule is CC1(C)CCN(c2c(Br)c(CO)nc(Cl)c2[C@H](OC(C)(C)C)C(=O)O)CC1. The fourth-order valence-electron chi connectivity index (χ4n) is 3.15. The quantitative estimate of drug-likeness (QED) is 0.623. The molecule has 0 spiro atoms. The van der Waals surface area contributed by atoms with E-state index in [4.69, 9.17) is 16.3 Å². The van der Waals surface area contributed by atoms with Crippen molar-refractivity contribution in [1.82, 2.24) is 4.98 Å². The molecule has 8 heteroatoms. The number of pyridine rings is 1. The molecule has 152 valence electrons. The minimum absolute atomic E-state index is 0.0405. The number of aliphatic hydroxyl groups excluding tert-OH is 1. The fourth-order valence-corrected chi connectivity index (χ4v) is 4.12. The predicted octanol–water partition coefficient (Wildman–Crippen LogP) is 4.56. The second kappa shape index (κ2) is 8.23. The number of anilines is 1. The molecule has 2 N–H and O–H groups in total. The zero-order valence-electron chi connectivity index (χ0n) is 16.5. The number of halogens is 2. The average molecular weight is 464 g/mol. The molecular formula is C19H28BrClN2O4. The van der Waals surface area contributed by atoms with Crippen LogP contribution in [0, 0.1) is 5.41 Å². The highest BCUT2D eigenvalue weighted by molar-refractivity contribution is 9.10. The third-order valence-electron chi connectivity index (χ3n) is 4.71. The molecular weight excluding hydrogens is 436 g/mol. The molecule has 0 saturated carbocycles. The molecule has 1 aliphatic rings. The van der Waals surface area contributed by atoms with E-state index in [-0.39, 0.29) is 17.2 Å². The first-order valence-corrected chi connectivity index (χ1v) is 10.2. The van der Waals surface area contributed by atoms with Crippen LogP contribution in [0.3, 0.4) is 0 Å². The molecule has 0 bridgehead atoms. The molecule has 0 amide bonds. The molecule has 0 aromatic carbocycles. The van der Waals surface area contributed by atoms with Crippen molar-refractivity contribution in [2.75, 3.05) is 18.0 Å². The Bertz CT molecular complexity index is 709. The van der Waals surface area contributed by atoms with Crippen LogP contribution in [0.15, 0.2) is 4.47 Å². The molecule has 1 aromatic heterocycles. The average Bonchev–Trinajstić information content (AvgIpc) is 2.54. The first kappa shape index (κ1) is 22.4. The van der Waals surface area contributed by atoms with Gasteiger partial charge in [0.2, 0.25) is 0 Å². The van der Waals surface area contributed by atoms with Gasteiger partial charge in [0, 0.05) is 13.1 Å². The maximum atomic E-state index is 12.0. The largest absolute Gasteiger partial charge is 0.479 e. The summed E-state index contributed by atoms with van der Waals surface area (Å²) in [6, 6.07) is 0. The highest BCUT2D eigenvalue weighted by Crippen LogP contribution is 2.44. The van der Waals surface area contributed by atoms with Crippen molar-refractivity contribution in [3.05, 3.63) is 20.9 Å². The van der Waals surface area contributed by atoms with Gasteiger partial charge < -0.3 is 19.8 Å². The zero-order valence-corrected chi connectivity index (χ0v) is 18.8. The van der Waals surface area contributed by atoms with Gasteiger partial charge in [-0.25, -0.2) is 9.78 Å². The van der Waals surface area contributed by atoms with E-state index in [1.54, 1.807) is 20.8 Å².